The van der Waals surface area contributed by atoms with Crippen molar-refractivity contribution in [1.82, 2.24) is 10.2 Å². The molecule has 1 aliphatic heterocycles. The third-order valence-corrected chi connectivity index (χ3v) is 4.90. The molecule has 1 heterocycles. The molecule has 0 bridgehead atoms. The highest BCUT2D eigenvalue weighted by molar-refractivity contribution is 5.86. The van der Waals surface area contributed by atoms with Crippen LogP contribution in [-0.2, 0) is 17.9 Å². The average molecular weight is 374 g/mol. The van der Waals surface area contributed by atoms with Crippen molar-refractivity contribution in [2.45, 2.75) is 38.5 Å². The van der Waals surface area contributed by atoms with Gasteiger partial charge in [-0.2, -0.15) is 0 Å². The molecule has 1 aliphatic rings. The Morgan fingerprint density at radius 2 is 2.04 bits per heavy atom. The third kappa shape index (κ3) is 4.70. The van der Waals surface area contributed by atoms with E-state index in [1.165, 1.54) is 0 Å². The van der Waals surface area contributed by atoms with Gasteiger partial charge in [0.2, 0.25) is 0 Å². The second-order valence-corrected chi connectivity index (χ2v) is 7.19. The lowest BCUT2D eigenvalue weighted by molar-refractivity contribution is -0.157. The Labute approximate surface area is 157 Å². The summed E-state index contributed by atoms with van der Waals surface area (Å²) >= 11 is 0. The Bertz CT molecular complexity index is 828. The maximum atomic E-state index is 13.7. The summed E-state index contributed by atoms with van der Waals surface area (Å²) in [5.41, 5.74) is 0.762. The van der Waals surface area contributed by atoms with Crippen LogP contribution in [0.15, 0.2) is 42.5 Å². The van der Waals surface area contributed by atoms with Gasteiger partial charge in [0.05, 0.1) is 0 Å². The van der Waals surface area contributed by atoms with Crippen molar-refractivity contribution in [2.75, 3.05) is 13.1 Å². The fourth-order valence-electron chi connectivity index (χ4n) is 3.49. The predicted molar refractivity (Wildman–Crippen MR) is 98.8 cm³/mol. The molecule has 1 saturated heterocycles. The van der Waals surface area contributed by atoms with E-state index in [9.17, 15) is 18.7 Å². The number of halogens is 2. The highest BCUT2D eigenvalue weighted by Gasteiger charge is 2.41. The summed E-state index contributed by atoms with van der Waals surface area (Å²) in [4.78, 5) is 14.5. The number of aryl methyl sites for hydroxylation is 1. The van der Waals surface area contributed by atoms with Crippen molar-refractivity contribution in [2.24, 2.45) is 0 Å². The number of hydrogen-bond acceptors (Lipinski definition) is 3. The fraction of sp³-hybridized carbons (Fsp3) is 0.381. The van der Waals surface area contributed by atoms with Crippen LogP contribution in [0.25, 0.3) is 0 Å². The number of nitrogens with zero attached hydrogens (tertiary/aromatic N) is 1. The van der Waals surface area contributed by atoms with E-state index in [1.807, 2.05) is 31.2 Å². The van der Waals surface area contributed by atoms with Crippen LogP contribution in [0.1, 0.15) is 29.5 Å². The topological polar surface area (TPSA) is 52.6 Å². The lowest BCUT2D eigenvalue weighted by Gasteiger charge is -2.38. The Kier molecular flexibility index (Phi) is 5.87. The van der Waals surface area contributed by atoms with Crippen molar-refractivity contribution in [1.29, 1.82) is 0 Å². The van der Waals surface area contributed by atoms with Crippen LogP contribution in [0.3, 0.4) is 0 Å². The van der Waals surface area contributed by atoms with E-state index in [0.29, 0.717) is 25.9 Å². The molecular formula is C21H24F2N2O2. The lowest BCUT2D eigenvalue weighted by atomic mass is 9.91. The fourth-order valence-corrected chi connectivity index (χ4v) is 3.49. The van der Waals surface area contributed by atoms with E-state index in [2.05, 4.69) is 5.32 Å². The van der Waals surface area contributed by atoms with Crippen molar-refractivity contribution >= 4 is 5.91 Å². The number of hydrogen-bond donors (Lipinski definition) is 2. The molecule has 27 heavy (non-hydrogen) atoms. The van der Waals surface area contributed by atoms with Crippen LogP contribution in [0.5, 0.6) is 0 Å². The van der Waals surface area contributed by atoms with Gasteiger partial charge in [-0.1, -0.05) is 29.8 Å². The zero-order chi connectivity index (χ0) is 19.4. The highest BCUT2D eigenvalue weighted by Crippen LogP contribution is 2.24. The van der Waals surface area contributed by atoms with Crippen molar-refractivity contribution in [3.05, 3.63) is 70.8 Å². The van der Waals surface area contributed by atoms with Gasteiger partial charge in [0, 0.05) is 31.7 Å². The molecule has 3 rings (SSSR count). The van der Waals surface area contributed by atoms with Crippen LogP contribution in [-0.4, -0.2) is 34.6 Å². The van der Waals surface area contributed by atoms with E-state index in [1.54, 1.807) is 4.90 Å². The standard InChI is InChI=1S/C21H24F2N2O2/c1-15-4-2-5-16(10-15)13-25-9-3-8-21(27,20(25)26)14-24-12-17-11-18(22)6-7-19(17)23/h2,4-7,10-11,24,27H,3,8-9,12-14H2,1H3/t21-/m1/s1. The summed E-state index contributed by atoms with van der Waals surface area (Å²) in [6.45, 7) is 3.06. The molecule has 0 aromatic heterocycles. The minimum absolute atomic E-state index is 0.00783. The summed E-state index contributed by atoms with van der Waals surface area (Å²) in [6.07, 6.45) is 1.03. The molecule has 1 atom stereocenters. The molecule has 0 radical (unpaired) electrons. The predicted octanol–water partition coefficient (Wildman–Crippen LogP) is 2.92. The molecule has 0 spiro atoms. The second-order valence-electron chi connectivity index (χ2n) is 7.19. The van der Waals surface area contributed by atoms with Crippen molar-refractivity contribution in [3.63, 3.8) is 0 Å². The number of piperidine rings is 1. The number of nitrogens with one attached hydrogen (secondary N) is 1. The van der Waals surface area contributed by atoms with E-state index >= 15 is 0 Å². The van der Waals surface area contributed by atoms with Gasteiger partial charge in [-0.3, -0.25) is 4.79 Å². The maximum Gasteiger partial charge on any atom is 0.256 e. The molecule has 2 N–H and O–H groups in total. The van der Waals surface area contributed by atoms with E-state index < -0.39 is 17.2 Å². The minimum atomic E-state index is -1.54. The second kappa shape index (κ2) is 8.15. The first kappa shape index (κ1) is 19.5. The first-order chi connectivity index (χ1) is 12.9. The SMILES string of the molecule is Cc1cccc(CN2CCC[C@@](O)(CNCc3cc(F)ccc3F)C2=O)c1. The van der Waals surface area contributed by atoms with Gasteiger partial charge in [0.15, 0.2) is 5.60 Å². The Morgan fingerprint density at radius 3 is 2.81 bits per heavy atom. The smallest absolute Gasteiger partial charge is 0.256 e. The molecule has 4 nitrogen and oxygen atoms in total. The van der Waals surface area contributed by atoms with Crippen molar-refractivity contribution in [3.8, 4) is 0 Å². The molecule has 2 aromatic rings. The first-order valence-corrected chi connectivity index (χ1v) is 9.09. The van der Waals surface area contributed by atoms with Gasteiger partial charge < -0.3 is 15.3 Å². The van der Waals surface area contributed by atoms with E-state index in [0.717, 1.165) is 29.3 Å². The van der Waals surface area contributed by atoms with Gasteiger partial charge in [-0.15, -0.1) is 0 Å². The van der Waals surface area contributed by atoms with Crippen molar-refractivity contribution < 1.29 is 18.7 Å². The Balaban J connectivity index is 1.62. The van der Waals surface area contributed by atoms with Crippen LogP contribution in [0, 0.1) is 18.6 Å². The number of rotatable bonds is 6. The van der Waals surface area contributed by atoms with Crippen LogP contribution in [0.4, 0.5) is 8.78 Å². The number of amides is 1. The number of aliphatic hydroxyl groups is 1. The monoisotopic (exact) mass is 374 g/mol. The Hall–Kier alpha value is -2.31. The van der Waals surface area contributed by atoms with E-state index in [-0.39, 0.29) is 24.6 Å². The molecule has 1 fully saturated rings. The zero-order valence-corrected chi connectivity index (χ0v) is 15.3. The molecule has 144 valence electrons. The van der Waals surface area contributed by atoms with Gasteiger partial charge in [0.1, 0.15) is 11.6 Å². The molecule has 1 amide bonds. The quantitative estimate of drug-likeness (QED) is 0.818. The number of carbonyl (C=O) groups excluding carboxylic acids is 1. The molecule has 0 aliphatic carbocycles. The van der Waals surface area contributed by atoms with Crippen LogP contribution in [0.2, 0.25) is 0 Å². The minimum Gasteiger partial charge on any atom is -0.379 e. The molecule has 0 saturated carbocycles. The molecular weight excluding hydrogens is 350 g/mol. The van der Waals surface area contributed by atoms with Gasteiger partial charge in [-0.25, -0.2) is 8.78 Å². The summed E-state index contributed by atoms with van der Waals surface area (Å²) in [6, 6.07) is 11.1. The zero-order valence-electron chi connectivity index (χ0n) is 15.3. The summed E-state index contributed by atoms with van der Waals surface area (Å²) < 4.78 is 26.9. The summed E-state index contributed by atoms with van der Waals surface area (Å²) in [7, 11) is 0. The summed E-state index contributed by atoms with van der Waals surface area (Å²) in [5.74, 6) is -1.38. The average Bonchev–Trinajstić information content (AvgIpc) is 2.62. The maximum absolute atomic E-state index is 13.7. The number of benzene rings is 2. The molecule has 2 aromatic carbocycles. The molecule has 6 heteroatoms. The lowest BCUT2D eigenvalue weighted by Crippen LogP contribution is -2.57. The third-order valence-electron chi connectivity index (χ3n) is 4.90. The van der Waals surface area contributed by atoms with Crippen LogP contribution >= 0.6 is 0 Å². The number of likely N-dealkylation sites (tertiary alicyclic amines) is 1. The molecule has 0 unspecified atom stereocenters. The first-order valence-electron chi connectivity index (χ1n) is 9.09. The Morgan fingerprint density at radius 1 is 1.22 bits per heavy atom. The van der Waals surface area contributed by atoms with Gasteiger partial charge >= 0.3 is 0 Å². The normalized spacial score (nSPS) is 20.1. The highest BCUT2D eigenvalue weighted by atomic mass is 19.1. The van der Waals surface area contributed by atoms with Crippen LogP contribution < -0.4 is 5.32 Å². The number of carbonyl (C=O) groups is 1. The summed E-state index contributed by atoms with van der Waals surface area (Å²) in [5, 5.41) is 13.7. The van der Waals surface area contributed by atoms with Gasteiger partial charge in [-0.05, 0) is 43.5 Å². The largest absolute Gasteiger partial charge is 0.379 e. The van der Waals surface area contributed by atoms with Gasteiger partial charge in [0.25, 0.3) is 5.91 Å². The van der Waals surface area contributed by atoms with E-state index in [4.69, 9.17) is 0 Å².